The van der Waals surface area contributed by atoms with Crippen LogP contribution in [0.1, 0.15) is 29.8 Å². The number of hydrogen-bond acceptors (Lipinski definition) is 5. The smallest absolute Gasteiger partial charge is 0.274 e. The number of rotatable bonds is 4. The second kappa shape index (κ2) is 6.84. The molecule has 0 radical (unpaired) electrons. The number of likely N-dealkylation sites (N-methyl/N-ethyl adjacent to an activating group) is 1. The van der Waals surface area contributed by atoms with Gasteiger partial charge < -0.3 is 14.7 Å². The van der Waals surface area contributed by atoms with Crippen molar-refractivity contribution < 1.29 is 9.59 Å². The van der Waals surface area contributed by atoms with Gasteiger partial charge in [-0.25, -0.2) is 4.98 Å². The largest absolute Gasteiger partial charge is 0.341 e. The van der Waals surface area contributed by atoms with Crippen LogP contribution in [0.2, 0.25) is 0 Å². The number of carbonyl (C=O) groups excluding carboxylic acids is 2. The van der Waals surface area contributed by atoms with Gasteiger partial charge in [0.1, 0.15) is 5.69 Å². The van der Waals surface area contributed by atoms with Gasteiger partial charge in [-0.15, -0.1) is 0 Å². The molecule has 0 saturated carbocycles. The van der Waals surface area contributed by atoms with Gasteiger partial charge in [-0.3, -0.25) is 14.6 Å². The summed E-state index contributed by atoms with van der Waals surface area (Å²) in [5.74, 6) is 0.0858. The summed E-state index contributed by atoms with van der Waals surface area (Å²) in [6.45, 7) is 3.59. The molecule has 2 fully saturated rings. The van der Waals surface area contributed by atoms with Crippen molar-refractivity contribution in [3.8, 4) is 0 Å². The van der Waals surface area contributed by atoms with Gasteiger partial charge >= 0.3 is 0 Å². The average molecular weight is 331 g/mol. The van der Waals surface area contributed by atoms with Crippen LogP contribution in [0.15, 0.2) is 18.6 Å². The maximum absolute atomic E-state index is 12.9. The fourth-order valence-electron chi connectivity index (χ4n) is 3.68. The van der Waals surface area contributed by atoms with Crippen molar-refractivity contribution in [3.63, 3.8) is 0 Å². The van der Waals surface area contributed by atoms with Crippen LogP contribution < -0.4 is 0 Å². The zero-order valence-corrected chi connectivity index (χ0v) is 14.4. The van der Waals surface area contributed by atoms with Gasteiger partial charge in [0.25, 0.3) is 5.91 Å². The summed E-state index contributed by atoms with van der Waals surface area (Å²) < 4.78 is 0. The Morgan fingerprint density at radius 1 is 1.29 bits per heavy atom. The fraction of sp³-hybridized carbons (Fsp3) is 0.647. The van der Waals surface area contributed by atoms with Crippen LogP contribution in [0.4, 0.5) is 0 Å². The molecule has 7 heteroatoms. The van der Waals surface area contributed by atoms with Crippen LogP contribution in [-0.2, 0) is 4.79 Å². The Kier molecular flexibility index (Phi) is 4.80. The van der Waals surface area contributed by atoms with Crippen LogP contribution in [0.5, 0.6) is 0 Å². The monoisotopic (exact) mass is 331 g/mol. The third kappa shape index (κ3) is 3.26. The van der Waals surface area contributed by atoms with E-state index in [2.05, 4.69) is 14.9 Å². The van der Waals surface area contributed by atoms with Crippen LogP contribution in [-0.4, -0.2) is 83.3 Å². The van der Waals surface area contributed by atoms with Crippen molar-refractivity contribution in [2.45, 2.75) is 19.3 Å². The van der Waals surface area contributed by atoms with Crippen molar-refractivity contribution in [1.82, 2.24) is 24.7 Å². The molecule has 2 aliphatic rings. The van der Waals surface area contributed by atoms with Gasteiger partial charge in [-0.2, -0.15) is 0 Å². The number of amides is 2. The minimum absolute atomic E-state index is 0.123. The van der Waals surface area contributed by atoms with Gasteiger partial charge in [0, 0.05) is 45.1 Å². The zero-order valence-electron chi connectivity index (χ0n) is 14.4. The third-order valence-corrected chi connectivity index (χ3v) is 5.06. The predicted octanol–water partition coefficient (Wildman–Crippen LogP) is 0.493. The Hall–Kier alpha value is -2.02. The van der Waals surface area contributed by atoms with E-state index >= 15 is 0 Å². The van der Waals surface area contributed by atoms with Crippen LogP contribution >= 0.6 is 0 Å². The van der Waals surface area contributed by atoms with Gasteiger partial charge in [-0.05, 0) is 33.4 Å². The Bertz CT molecular complexity index is 606. The minimum Gasteiger partial charge on any atom is -0.341 e. The molecule has 1 spiro atoms. The van der Waals surface area contributed by atoms with Gasteiger partial charge in [0.05, 0.1) is 11.6 Å². The van der Waals surface area contributed by atoms with E-state index in [0.29, 0.717) is 18.8 Å². The molecule has 2 saturated heterocycles. The van der Waals surface area contributed by atoms with E-state index < -0.39 is 5.41 Å². The van der Waals surface area contributed by atoms with E-state index in [9.17, 15) is 9.59 Å². The lowest BCUT2D eigenvalue weighted by Crippen LogP contribution is -2.50. The van der Waals surface area contributed by atoms with E-state index in [1.54, 1.807) is 11.1 Å². The molecule has 0 aliphatic carbocycles. The number of piperidine rings is 1. The highest BCUT2D eigenvalue weighted by molar-refractivity contribution is 5.93. The summed E-state index contributed by atoms with van der Waals surface area (Å²) in [6, 6.07) is 0. The van der Waals surface area contributed by atoms with Gasteiger partial charge in [0.15, 0.2) is 0 Å². The number of aromatic nitrogens is 2. The molecule has 3 rings (SSSR count). The molecule has 130 valence electrons. The van der Waals surface area contributed by atoms with Crippen LogP contribution in [0.3, 0.4) is 0 Å². The Labute approximate surface area is 142 Å². The average Bonchev–Trinajstić information content (AvgIpc) is 2.89. The maximum atomic E-state index is 12.9. The lowest BCUT2D eigenvalue weighted by molar-refractivity contribution is -0.138. The van der Waals surface area contributed by atoms with Gasteiger partial charge in [0.2, 0.25) is 5.91 Å². The summed E-state index contributed by atoms with van der Waals surface area (Å²) in [6.07, 6.45) is 7.13. The quantitative estimate of drug-likeness (QED) is 0.803. The number of carbonyl (C=O) groups is 2. The molecular formula is C17H25N5O2. The predicted molar refractivity (Wildman–Crippen MR) is 89.4 cm³/mol. The summed E-state index contributed by atoms with van der Waals surface area (Å²) in [4.78, 5) is 39.5. The van der Waals surface area contributed by atoms with Crippen molar-refractivity contribution in [3.05, 3.63) is 24.3 Å². The Morgan fingerprint density at radius 2 is 2.12 bits per heavy atom. The lowest BCUT2D eigenvalue weighted by Gasteiger charge is -2.38. The Balaban J connectivity index is 1.69. The van der Waals surface area contributed by atoms with Crippen LogP contribution in [0, 0.1) is 5.41 Å². The standard InChI is InChI=1S/C17H25N5O2/c1-20(2)10-11-21-9-5-17(16(21)24)4-3-8-22(13-17)15(23)14-12-18-6-7-19-14/h6-7,12H,3-5,8-11,13H2,1-2H3. The first-order valence-electron chi connectivity index (χ1n) is 8.51. The first-order chi connectivity index (χ1) is 11.5. The second-order valence-corrected chi connectivity index (χ2v) is 7.05. The molecule has 1 unspecified atom stereocenters. The third-order valence-electron chi connectivity index (χ3n) is 5.06. The van der Waals surface area contributed by atoms with Crippen LogP contribution in [0.25, 0.3) is 0 Å². The lowest BCUT2D eigenvalue weighted by atomic mass is 9.78. The highest BCUT2D eigenvalue weighted by atomic mass is 16.2. The fourth-order valence-corrected chi connectivity index (χ4v) is 3.68. The summed E-state index contributed by atoms with van der Waals surface area (Å²) in [7, 11) is 4.02. The van der Waals surface area contributed by atoms with E-state index in [1.165, 1.54) is 12.4 Å². The molecule has 7 nitrogen and oxygen atoms in total. The van der Waals surface area contributed by atoms with E-state index in [-0.39, 0.29) is 11.8 Å². The first-order valence-corrected chi connectivity index (χ1v) is 8.51. The summed E-state index contributed by atoms with van der Waals surface area (Å²) in [5.41, 5.74) is -0.0490. The molecule has 0 aromatic carbocycles. The van der Waals surface area contributed by atoms with E-state index in [4.69, 9.17) is 0 Å². The number of hydrogen-bond donors (Lipinski definition) is 0. The molecule has 2 aliphatic heterocycles. The van der Waals surface area contributed by atoms with E-state index in [1.807, 2.05) is 19.0 Å². The Morgan fingerprint density at radius 3 is 2.83 bits per heavy atom. The second-order valence-electron chi connectivity index (χ2n) is 7.05. The highest BCUT2D eigenvalue weighted by Crippen LogP contribution is 2.40. The number of likely N-dealkylation sites (tertiary alicyclic amines) is 2. The molecule has 0 N–H and O–H groups in total. The first kappa shape index (κ1) is 16.8. The SMILES string of the molecule is CN(C)CCN1CCC2(CCCN(C(=O)c3cnccn3)C2)C1=O. The maximum Gasteiger partial charge on any atom is 0.274 e. The van der Waals surface area contributed by atoms with Crippen molar-refractivity contribution in [2.75, 3.05) is 46.8 Å². The molecule has 3 heterocycles. The molecule has 1 aromatic heterocycles. The van der Waals surface area contributed by atoms with Crippen molar-refractivity contribution in [2.24, 2.45) is 5.41 Å². The molecular weight excluding hydrogens is 306 g/mol. The molecule has 1 aromatic rings. The van der Waals surface area contributed by atoms with Crippen molar-refractivity contribution >= 4 is 11.8 Å². The topological polar surface area (TPSA) is 69.6 Å². The number of nitrogens with zero attached hydrogens (tertiary/aromatic N) is 5. The molecule has 2 amide bonds. The molecule has 24 heavy (non-hydrogen) atoms. The van der Waals surface area contributed by atoms with E-state index in [0.717, 1.165) is 38.9 Å². The van der Waals surface area contributed by atoms with Gasteiger partial charge in [-0.1, -0.05) is 0 Å². The summed E-state index contributed by atoms with van der Waals surface area (Å²) >= 11 is 0. The minimum atomic E-state index is -0.400. The zero-order chi connectivity index (χ0) is 17.2. The normalized spacial score (nSPS) is 24.2. The molecule has 0 bridgehead atoms. The summed E-state index contributed by atoms with van der Waals surface area (Å²) in [5, 5.41) is 0. The highest BCUT2D eigenvalue weighted by Gasteiger charge is 2.49. The van der Waals surface area contributed by atoms with Crippen molar-refractivity contribution in [1.29, 1.82) is 0 Å². The molecule has 1 atom stereocenters.